The molecule has 0 saturated heterocycles. The number of urea groups is 1. The Balaban J connectivity index is 1.70. The van der Waals surface area contributed by atoms with Gasteiger partial charge < -0.3 is 10.6 Å². The van der Waals surface area contributed by atoms with Crippen molar-refractivity contribution in [2.24, 2.45) is 0 Å². The topological polar surface area (TPSA) is 71.3 Å². The molecule has 3 aromatic rings. The summed E-state index contributed by atoms with van der Waals surface area (Å²) in [6, 6.07) is 9.78. The summed E-state index contributed by atoms with van der Waals surface area (Å²) in [6.07, 6.45) is 1.85. The highest BCUT2D eigenvalue weighted by atomic mass is 35.5. The number of nitrogens with zero attached hydrogens (tertiary/aromatic N) is 3. The molecule has 2 amide bonds. The van der Waals surface area contributed by atoms with Crippen molar-refractivity contribution in [3.8, 4) is 0 Å². The van der Waals surface area contributed by atoms with Crippen molar-refractivity contribution in [1.29, 1.82) is 0 Å². The largest absolute Gasteiger partial charge is 0.328 e. The van der Waals surface area contributed by atoms with Crippen molar-refractivity contribution < 1.29 is 4.79 Å². The van der Waals surface area contributed by atoms with Crippen molar-refractivity contribution in [3.63, 3.8) is 0 Å². The minimum absolute atomic E-state index is 0.324. The van der Waals surface area contributed by atoms with Gasteiger partial charge in [-0.3, -0.25) is 4.40 Å². The monoisotopic (exact) mass is 349 g/mol. The van der Waals surface area contributed by atoms with Gasteiger partial charge >= 0.3 is 6.03 Å². The molecule has 2 heterocycles. The number of fused-ring (bicyclic) bond motifs is 1. The number of halogens is 2. The molecule has 0 bridgehead atoms. The SMILES string of the molecule is C[C@H](NC(=O)Nc1ccc(Cl)c(Cl)c1)c1nnc2ccccn12. The van der Waals surface area contributed by atoms with Crippen LogP contribution in [0.4, 0.5) is 10.5 Å². The second kappa shape index (κ2) is 6.44. The number of carbonyl (C=O) groups excluding carboxylic acids is 1. The van der Waals surface area contributed by atoms with Gasteiger partial charge in [-0.15, -0.1) is 10.2 Å². The molecule has 0 aliphatic carbocycles. The second-order valence-corrected chi connectivity index (χ2v) is 5.75. The molecule has 2 aromatic heterocycles. The summed E-state index contributed by atoms with van der Waals surface area (Å²) in [5.74, 6) is 0.643. The molecule has 0 aliphatic heterocycles. The molecule has 23 heavy (non-hydrogen) atoms. The third-order valence-corrected chi connectivity index (χ3v) is 3.99. The number of amides is 2. The van der Waals surface area contributed by atoms with Crippen molar-refractivity contribution in [3.05, 3.63) is 58.5 Å². The van der Waals surface area contributed by atoms with E-state index in [1.54, 1.807) is 18.2 Å². The van der Waals surface area contributed by atoms with Crippen LogP contribution in [0.2, 0.25) is 10.0 Å². The van der Waals surface area contributed by atoms with Crippen LogP contribution in [0.1, 0.15) is 18.8 Å². The molecular weight excluding hydrogens is 337 g/mol. The highest BCUT2D eigenvalue weighted by Crippen LogP contribution is 2.25. The molecule has 3 rings (SSSR count). The van der Waals surface area contributed by atoms with E-state index in [0.717, 1.165) is 5.65 Å². The molecule has 6 nitrogen and oxygen atoms in total. The molecular formula is C15H13Cl2N5O. The summed E-state index contributed by atoms with van der Waals surface area (Å²) < 4.78 is 1.82. The van der Waals surface area contributed by atoms with Crippen LogP contribution in [0.25, 0.3) is 5.65 Å². The third kappa shape index (κ3) is 3.38. The predicted molar refractivity (Wildman–Crippen MR) is 90.0 cm³/mol. The van der Waals surface area contributed by atoms with Gasteiger partial charge in [0.15, 0.2) is 11.5 Å². The quantitative estimate of drug-likeness (QED) is 0.752. The van der Waals surface area contributed by atoms with Crippen LogP contribution < -0.4 is 10.6 Å². The van der Waals surface area contributed by atoms with Crippen LogP contribution in [0.15, 0.2) is 42.6 Å². The van der Waals surface area contributed by atoms with Gasteiger partial charge in [-0.2, -0.15) is 0 Å². The Kier molecular flexibility index (Phi) is 4.36. The number of nitrogens with one attached hydrogen (secondary N) is 2. The molecule has 118 valence electrons. The third-order valence-electron chi connectivity index (χ3n) is 3.25. The lowest BCUT2D eigenvalue weighted by atomic mass is 10.3. The fraction of sp³-hybridized carbons (Fsp3) is 0.133. The number of hydrogen-bond acceptors (Lipinski definition) is 3. The zero-order valence-electron chi connectivity index (χ0n) is 12.1. The Morgan fingerprint density at radius 3 is 2.78 bits per heavy atom. The molecule has 0 aliphatic rings. The molecule has 2 N–H and O–H groups in total. The van der Waals surface area contributed by atoms with Crippen LogP contribution in [0, 0.1) is 0 Å². The smallest absolute Gasteiger partial charge is 0.319 e. The van der Waals surface area contributed by atoms with E-state index >= 15 is 0 Å². The van der Waals surface area contributed by atoms with Crippen LogP contribution in [0.3, 0.4) is 0 Å². The molecule has 1 aromatic carbocycles. The van der Waals surface area contributed by atoms with Gasteiger partial charge in [0.2, 0.25) is 0 Å². The lowest BCUT2D eigenvalue weighted by molar-refractivity contribution is 0.249. The summed E-state index contributed by atoms with van der Waals surface area (Å²) in [5, 5.41) is 14.5. The molecule has 0 spiro atoms. The average molecular weight is 350 g/mol. The Morgan fingerprint density at radius 1 is 1.17 bits per heavy atom. The van der Waals surface area contributed by atoms with E-state index in [-0.39, 0.29) is 12.1 Å². The number of rotatable bonds is 3. The Morgan fingerprint density at radius 2 is 2.00 bits per heavy atom. The summed E-state index contributed by atoms with van der Waals surface area (Å²) >= 11 is 11.8. The van der Waals surface area contributed by atoms with Crippen LogP contribution in [-0.2, 0) is 0 Å². The number of aromatic nitrogens is 3. The first-order valence-corrected chi connectivity index (χ1v) is 7.62. The lowest BCUT2D eigenvalue weighted by Gasteiger charge is -2.13. The van der Waals surface area contributed by atoms with E-state index in [0.29, 0.717) is 21.6 Å². The Bertz CT molecular complexity index is 864. The summed E-state index contributed by atoms with van der Waals surface area (Å²) in [7, 11) is 0. The van der Waals surface area contributed by atoms with Crippen molar-refractivity contribution in [2.75, 3.05) is 5.32 Å². The van der Waals surface area contributed by atoms with Gasteiger partial charge in [-0.1, -0.05) is 29.3 Å². The standard InChI is InChI=1S/C15H13Cl2N5O/c1-9(14-21-20-13-4-2-3-7-22(13)14)18-15(23)19-10-5-6-11(16)12(17)8-10/h2-9H,1H3,(H2,18,19,23)/t9-/m0/s1. The van der Waals surface area contributed by atoms with Gasteiger partial charge in [0.25, 0.3) is 0 Å². The number of carbonyl (C=O) groups is 1. The first-order valence-electron chi connectivity index (χ1n) is 6.87. The van der Waals surface area contributed by atoms with E-state index < -0.39 is 0 Å². The summed E-state index contributed by atoms with van der Waals surface area (Å²) in [6.45, 7) is 1.83. The van der Waals surface area contributed by atoms with Gasteiger partial charge in [0.1, 0.15) is 0 Å². The van der Waals surface area contributed by atoms with Gasteiger partial charge in [-0.05, 0) is 37.3 Å². The molecule has 0 radical (unpaired) electrons. The maximum absolute atomic E-state index is 12.1. The average Bonchev–Trinajstić information content (AvgIpc) is 2.95. The first-order chi connectivity index (χ1) is 11.0. The molecule has 0 saturated carbocycles. The van der Waals surface area contributed by atoms with Gasteiger partial charge in [0.05, 0.1) is 16.1 Å². The van der Waals surface area contributed by atoms with Crippen LogP contribution >= 0.6 is 23.2 Å². The van der Waals surface area contributed by atoms with E-state index in [2.05, 4.69) is 20.8 Å². The fourth-order valence-electron chi connectivity index (χ4n) is 2.16. The number of hydrogen-bond donors (Lipinski definition) is 2. The zero-order chi connectivity index (χ0) is 16.4. The van der Waals surface area contributed by atoms with E-state index in [4.69, 9.17) is 23.2 Å². The highest BCUT2D eigenvalue weighted by molar-refractivity contribution is 6.42. The van der Waals surface area contributed by atoms with Crippen molar-refractivity contribution in [2.45, 2.75) is 13.0 Å². The maximum Gasteiger partial charge on any atom is 0.319 e. The number of benzene rings is 1. The zero-order valence-corrected chi connectivity index (χ0v) is 13.6. The highest BCUT2D eigenvalue weighted by Gasteiger charge is 2.15. The van der Waals surface area contributed by atoms with E-state index in [1.165, 1.54) is 0 Å². The van der Waals surface area contributed by atoms with Gasteiger partial charge in [0, 0.05) is 11.9 Å². The molecule has 8 heteroatoms. The molecule has 0 unspecified atom stereocenters. The van der Waals surface area contributed by atoms with Crippen molar-refractivity contribution in [1.82, 2.24) is 19.9 Å². The Hall–Kier alpha value is -2.31. The van der Waals surface area contributed by atoms with Crippen LogP contribution in [0.5, 0.6) is 0 Å². The predicted octanol–water partition coefficient (Wildman–Crippen LogP) is 3.92. The second-order valence-electron chi connectivity index (χ2n) is 4.94. The molecule has 0 fully saturated rings. The molecule has 1 atom stereocenters. The Labute approximate surface area is 142 Å². The van der Waals surface area contributed by atoms with E-state index in [1.807, 2.05) is 35.7 Å². The van der Waals surface area contributed by atoms with E-state index in [9.17, 15) is 4.79 Å². The summed E-state index contributed by atoms with van der Waals surface area (Å²) in [5.41, 5.74) is 1.27. The van der Waals surface area contributed by atoms with Crippen LogP contribution in [-0.4, -0.2) is 20.6 Å². The number of pyridine rings is 1. The van der Waals surface area contributed by atoms with Gasteiger partial charge in [-0.25, -0.2) is 4.79 Å². The minimum atomic E-state index is -0.372. The summed E-state index contributed by atoms with van der Waals surface area (Å²) in [4.78, 5) is 12.1. The normalized spacial score (nSPS) is 12.1. The van der Waals surface area contributed by atoms with Crippen molar-refractivity contribution >= 4 is 40.6 Å². The number of anilines is 1. The fourth-order valence-corrected chi connectivity index (χ4v) is 2.46. The first kappa shape index (κ1) is 15.6. The minimum Gasteiger partial charge on any atom is -0.328 e. The lowest BCUT2D eigenvalue weighted by Crippen LogP contribution is -2.32. The maximum atomic E-state index is 12.1.